The molecule has 0 aliphatic heterocycles. The fourth-order valence-corrected chi connectivity index (χ4v) is 3.36. The molecule has 0 saturated heterocycles. The molecule has 0 fully saturated rings. The Morgan fingerprint density at radius 2 is 1.83 bits per heavy atom. The van der Waals surface area contributed by atoms with Crippen LogP contribution in [0.5, 0.6) is 5.75 Å². The van der Waals surface area contributed by atoms with Crippen molar-refractivity contribution >= 4 is 46.6 Å². The molecule has 0 saturated carbocycles. The first-order chi connectivity index (χ1) is 11.6. The van der Waals surface area contributed by atoms with Crippen molar-refractivity contribution in [2.24, 2.45) is 0 Å². The minimum absolute atomic E-state index is 0.152. The van der Waals surface area contributed by atoms with Crippen LogP contribution in [-0.2, 0) is 12.4 Å². The molecule has 4 nitrogen and oxygen atoms in total. The first-order valence-electron chi connectivity index (χ1n) is 6.88. The van der Waals surface area contributed by atoms with Crippen LogP contribution in [0.2, 0.25) is 15.1 Å². The van der Waals surface area contributed by atoms with Crippen molar-refractivity contribution in [3.63, 3.8) is 0 Å². The molecule has 0 N–H and O–H groups in total. The zero-order valence-electron chi connectivity index (χ0n) is 12.2. The lowest BCUT2D eigenvalue weighted by atomic mass is 10.2. The van der Waals surface area contributed by atoms with Crippen molar-refractivity contribution in [1.82, 2.24) is 10.2 Å². The predicted octanol–water partition coefficient (Wildman–Crippen LogP) is 5.90. The van der Waals surface area contributed by atoms with E-state index in [1.807, 2.05) is 18.2 Å². The zero-order valence-corrected chi connectivity index (χ0v) is 15.3. The van der Waals surface area contributed by atoms with Crippen LogP contribution in [0, 0.1) is 0 Å². The van der Waals surface area contributed by atoms with Gasteiger partial charge in [0, 0.05) is 15.8 Å². The topological polar surface area (TPSA) is 48.2 Å². The summed E-state index contributed by atoms with van der Waals surface area (Å²) in [6.45, 7) is 0.152. The molecule has 3 rings (SSSR count). The molecule has 0 bridgehead atoms. The van der Waals surface area contributed by atoms with E-state index in [1.165, 1.54) is 11.8 Å². The Labute approximate surface area is 158 Å². The summed E-state index contributed by atoms with van der Waals surface area (Å²) in [5.41, 5.74) is 0.943. The van der Waals surface area contributed by atoms with Crippen LogP contribution in [0.25, 0.3) is 0 Å². The summed E-state index contributed by atoms with van der Waals surface area (Å²) in [5, 5.41) is 10.1. The first-order valence-corrected chi connectivity index (χ1v) is 9.00. The molecule has 0 spiro atoms. The van der Waals surface area contributed by atoms with Crippen LogP contribution in [0.1, 0.15) is 11.5 Å². The summed E-state index contributed by atoms with van der Waals surface area (Å²) < 4.78 is 11.1. The van der Waals surface area contributed by atoms with Gasteiger partial charge in [-0.15, -0.1) is 10.2 Å². The molecule has 1 heterocycles. The summed E-state index contributed by atoms with van der Waals surface area (Å²) in [4.78, 5) is 0. The van der Waals surface area contributed by atoms with Gasteiger partial charge in [0.1, 0.15) is 5.75 Å². The van der Waals surface area contributed by atoms with E-state index in [1.54, 1.807) is 24.3 Å². The fraction of sp³-hybridized carbons (Fsp3) is 0.125. The Hall–Kier alpha value is -1.40. The van der Waals surface area contributed by atoms with E-state index in [-0.39, 0.29) is 6.61 Å². The Morgan fingerprint density at radius 1 is 1.00 bits per heavy atom. The molecular formula is C16H11Cl3N2O2S. The van der Waals surface area contributed by atoms with Gasteiger partial charge in [0.05, 0.1) is 5.02 Å². The van der Waals surface area contributed by atoms with Crippen LogP contribution in [0.4, 0.5) is 0 Å². The molecule has 24 heavy (non-hydrogen) atoms. The minimum atomic E-state index is 0.152. The summed E-state index contributed by atoms with van der Waals surface area (Å²) in [6.07, 6.45) is 0. The van der Waals surface area contributed by atoms with Gasteiger partial charge in [0.15, 0.2) is 6.61 Å². The standard InChI is InChI=1S/C16H11Cl3N2O2S/c17-11-6-5-10(13(19)7-11)9-24-16-21-20-15(23-16)8-22-14-4-2-1-3-12(14)18/h1-7H,8-9H2. The van der Waals surface area contributed by atoms with Crippen molar-refractivity contribution in [1.29, 1.82) is 0 Å². The predicted molar refractivity (Wildman–Crippen MR) is 96.1 cm³/mol. The molecule has 1 aromatic heterocycles. The number of halogens is 3. The van der Waals surface area contributed by atoms with Crippen molar-refractivity contribution in [2.45, 2.75) is 17.6 Å². The molecule has 0 aliphatic carbocycles. The second-order valence-electron chi connectivity index (χ2n) is 4.71. The Kier molecular flexibility index (Phi) is 5.89. The largest absolute Gasteiger partial charge is 0.482 e. The average molecular weight is 402 g/mol. The van der Waals surface area contributed by atoms with Crippen molar-refractivity contribution in [2.75, 3.05) is 0 Å². The molecule has 8 heteroatoms. The lowest BCUT2D eigenvalue weighted by Gasteiger charge is -2.04. The van der Waals surface area contributed by atoms with Crippen molar-refractivity contribution < 1.29 is 9.15 Å². The van der Waals surface area contributed by atoms with E-state index in [0.29, 0.717) is 37.7 Å². The lowest BCUT2D eigenvalue weighted by molar-refractivity contribution is 0.252. The fourth-order valence-electron chi connectivity index (χ4n) is 1.83. The number of hydrogen-bond acceptors (Lipinski definition) is 5. The molecule has 0 radical (unpaired) electrons. The van der Waals surface area contributed by atoms with Gasteiger partial charge in [0.25, 0.3) is 11.1 Å². The van der Waals surface area contributed by atoms with E-state index in [4.69, 9.17) is 44.0 Å². The van der Waals surface area contributed by atoms with Gasteiger partial charge >= 0.3 is 0 Å². The van der Waals surface area contributed by atoms with Gasteiger partial charge in [0.2, 0.25) is 0 Å². The van der Waals surface area contributed by atoms with Gasteiger partial charge in [-0.2, -0.15) is 0 Å². The second-order valence-corrected chi connectivity index (χ2v) is 6.88. The van der Waals surface area contributed by atoms with Crippen LogP contribution < -0.4 is 4.74 Å². The highest BCUT2D eigenvalue weighted by atomic mass is 35.5. The third kappa shape index (κ3) is 4.57. The Morgan fingerprint density at radius 3 is 2.62 bits per heavy atom. The van der Waals surface area contributed by atoms with Crippen LogP contribution in [0.15, 0.2) is 52.1 Å². The Bertz CT molecular complexity index is 842. The quantitative estimate of drug-likeness (QED) is 0.481. The highest BCUT2D eigenvalue weighted by molar-refractivity contribution is 7.98. The zero-order chi connectivity index (χ0) is 16.9. The first kappa shape index (κ1) is 17.4. The van der Waals surface area contributed by atoms with Crippen molar-refractivity contribution in [3.8, 4) is 5.75 Å². The number of para-hydroxylation sites is 1. The summed E-state index contributed by atoms with van der Waals surface area (Å²) in [7, 11) is 0. The molecule has 0 aliphatic rings. The number of aromatic nitrogens is 2. The monoisotopic (exact) mass is 400 g/mol. The number of nitrogens with zero attached hydrogens (tertiary/aromatic N) is 2. The normalized spacial score (nSPS) is 10.8. The molecule has 2 aromatic carbocycles. The molecule has 0 atom stereocenters. The highest BCUT2D eigenvalue weighted by Gasteiger charge is 2.10. The number of thioether (sulfide) groups is 1. The van der Waals surface area contributed by atoms with Crippen LogP contribution in [0.3, 0.4) is 0 Å². The minimum Gasteiger partial charge on any atom is -0.482 e. The van der Waals surface area contributed by atoms with Gasteiger partial charge in [-0.1, -0.05) is 64.8 Å². The summed E-state index contributed by atoms with van der Waals surface area (Å²) in [5.74, 6) is 1.54. The number of hydrogen-bond donors (Lipinski definition) is 0. The molecular weight excluding hydrogens is 391 g/mol. The third-order valence-corrected chi connectivity index (χ3v) is 4.77. The maximum Gasteiger partial charge on any atom is 0.277 e. The highest BCUT2D eigenvalue weighted by Crippen LogP contribution is 2.28. The number of benzene rings is 2. The van der Waals surface area contributed by atoms with Gasteiger partial charge < -0.3 is 9.15 Å². The Balaban J connectivity index is 1.56. The van der Waals surface area contributed by atoms with Crippen molar-refractivity contribution in [3.05, 3.63) is 69.0 Å². The molecule has 0 unspecified atom stereocenters. The SMILES string of the molecule is Clc1ccc(CSc2nnc(COc3ccccc3Cl)o2)c(Cl)c1. The second kappa shape index (κ2) is 8.12. The molecule has 124 valence electrons. The third-order valence-electron chi connectivity index (χ3n) is 3.00. The maximum atomic E-state index is 6.14. The average Bonchev–Trinajstić information content (AvgIpc) is 3.01. The van der Waals surface area contributed by atoms with E-state index >= 15 is 0 Å². The number of ether oxygens (including phenoxy) is 1. The van der Waals surface area contributed by atoms with Gasteiger partial charge in [-0.05, 0) is 29.8 Å². The van der Waals surface area contributed by atoms with Crippen LogP contribution in [-0.4, -0.2) is 10.2 Å². The van der Waals surface area contributed by atoms with Crippen LogP contribution >= 0.6 is 46.6 Å². The van der Waals surface area contributed by atoms with E-state index in [2.05, 4.69) is 10.2 Å². The van der Waals surface area contributed by atoms with E-state index in [0.717, 1.165) is 5.56 Å². The smallest absolute Gasteiger partial charge is 0.277 e. The molecule has 3 aromatic rings. The van der Waals surface area contributed by atoms with Gasteiger partial charge in [-0.3, -0.25) is 0 Å². The maximum absolute atomic E-state index is 6.14. The summed E-state index contributed by atoms with van der Waals surface area (Å²) >= 11 is 19.4. The van der Waals surface area contributed by atoms with E-state index in [9.17, 15) is 0 Å². The number of rotatable bonds is 6. The summed E-state index contributed by atoms with van der Waals surface area (Å²) in [6, 6.07) is 12.6. The van der Waals surface area contributed by atoms with Gasteiger partial charge in [-0.25, -0.2) is 0 Å². The lowest BCUT2D eigenvalue weighted by Crippen LogP contribution is -1.95. The molecule has 0 amide bonds. The van der Waals surface area contributed by atoms with E-state index < -0.39 is 0 Å².